The second kappa shape index (κ2) is 4.78. The highest BCUT2D eigenvalue weighted by atomic mass is 16.3. The molecule has 0 aromatic carbocycles. The average Bonchev–Trinajstić information content (AvgIpc) is 2.16. The maximum Gasteiger partial charge on any atom is 0.251 e. The minimum atomic E-state index is -0.842. The summed E-state index contributed by atoms with van der Waals surface area (Å²) in [6.45, 7) is 7.63. The summed E-state index contributed by atoms with van der Waals surface area (Å²) in [5.41, 5.74) is 0. The Balaban J connectivity index is 2.39. The zero-order valence-electron chi connectivity index (χ0n) is 9.36. The molecule has 1 aliphatic rings. The number of carbonyl (C=O) groups is 1. The van der Waals surface area contributed by atoms with Gasteiger partial charge in [0.05, 0.1) is 0 Å². The third-order valence-electron chi connectivity index (χ3n) is 3.15. The Morgan fingerprint density at radius 3 is 2.14 bits per heavy atom. The Morgan fingerprint density at radius 2 is 1.79 bits per heavy atom. The van der Waals surface area contributed by atoms with E-state index in [0.717, 1.165) is 31.8 Å². The van der Waals surface area contributed by atoms with Crippen LogP contribution in [0.5, 0.6) is 0 Å². The number of amides is 1. The lowest BCUT2D eigenvalue weighted by Crippen LogP contribution is -2.43. The van der Waals surface area contributed by atoms with Crippen LogP contribution in [-0.2, 0) is 4.79 Å². The average molecular weight is 199 g/mol. The second-order valence-electron chi connectivity index (χ2n) is 4.58. The standard InChI is InChI=1S/C11H21NO2/c1-8(2)10-4-6-12(7-5-10)11(14)9(3)13/h8-10,13H,4-7H2,1-3H3. The number of carbonyl (C=O) groups excluding carboxylic acids is 1. The van der Waals surface area contributed by atoms with Crippen LogP contribution in [0.25, 0.3) is 0 Å². The second-order valence-corrected chi connectivity index (χ2v) is 4.58. The van der Waals surface area contributed by atoms with E-state index in [1.54, 1.807) is 4.90 Å². The van der Waals surface area contributed by atoms with Gasteiger partial charge in [-0.25, -0.2) is 0 Å². The van der Waals surface area contributed by atoms with Gasteiger partial charge in [-0.2, -0.15) is 0 Å². The molecule has 3 heteroatoms. The highest BCUT2D eigenvalue weighted by Gasteiger charge is 2.26. The van der Waals surface area contributed by atoms with E-state index in [9.17, 15) is 4.79 Å². The number of rotatable bonds is 2. The van der Waals surface area contributed by atoms with Crippen molar-refractivity contribution >= 4 is 5.91 Å². The molecule has 0 aromatic rings. The predicted molar refractivity (Wildman–Crippen MR) is 55.8 cm³/mol. The molecular weight excluding hydrogens is 178 g/mol. The van der Waals surface area contributed by atoms with E-state index >= 15 is 0 Å². The van der Waals surface area contributed by atoms with Crippen LogP contribution in [0.15, 0.2) is 0 Å². The van der Waals surface area contributed by atoms with Gasteiger partial charge in [0.15, 0.2) is 0 Å². The van der Waals surface area contributed by atoms with Gasteiger partial charge in [0.1, 0.15) is 6.10 Å². The molecule has 1 atom stereocenters. The van der Waals surface area contributed by atoms with Crippen LogP contribution in [0.2, 0.25) is 0 Å². The predicted octanol–water partition coefficient (Wildman–Crippen LogP) is 1.26. The van der Waals surface area contributed by atoms with Crippen LogP contribution in [0.3, 0.4) is 0 Å². The number of aliphatic hydroxyl groups excluding tert-OH is 1. The van der Waals surface area contributed by atoms with Crippen molar-refractivity contribution in [3.8, 4) is 0 Å². The molecule has 3 nitrogen and oxygen atoms in total. The van der Waals surface area contributed by atoms with Crippen LogP contribution in [0.4, 0.5) is 0 Å². The molecule has 0 aromatic heterocycles. The molecule has 1 saturated heterocycles. The Morgan fingerprint density at radius 1 is 1.29 bits per heavy atom. The first-order valence-corrected chi connectivity index (χ1v) is 5.49. The van der Waals surface area contributed by atoms with Crippen LogP contribution >= 0.6 is 0 Å². The lowest BCUT2D eigenvalue weighted by Gasteiger charge is -2.34. The van der Waals surface area contributed by atoms with Gasteiger partial charge in [-0.05, 0) is 31.6 Å². The van der Waals surface area contributed by atoms with Crippen molar-refractivity contribution in [3.05, 3.63) is 0 Å². The summed E-state index contributed by atoms with van der Waals surface area (Å²) < 4.78 is 0. The van der Waals surface area contributed by atoms with E-state index in [4.69, 9.17) is 5.11 Å². The van der Waals surface area contributed by atoms with Crippen molar-refractivity contribution in [1.29, 1.82) is 0 Å². The molecule has 1 rings (SSSR count). The molecular formula is C11H21NO2. The molecule has 0 bridgehead atoms. The Bertz CT molecular complexity index is 193. The first-order valence-electron chi connectivity index (χ1n) is 5.49. The fraction of sp³-hybridized carbons (Fsp3) is 0.909. The summed E-state index contributed by atoms with van der Waals surface area (Å²) in [5.74, 6) is 1.33. The van der Waals surface area contributed by atoms with Gasteiger partial charge in [0, 0.05) is 13.1 Å². The van der Waals surface area contributed by atoms with Gasteiger partial charge in [0.25, 0.3) is 5.91 Å². The van der Waals surface area contributed by atoms with E-state index in [0.29, 0.717) is 5.92 Å². The first kappa shape index (κ1) is 11.5. The summed E-state index contributed by atoms with van der Waals surface area (Å²) in [5, 5.41) is 9.16. The zero-order chi connectivity index (χ0) is 10.7. The molecule has 0 saturated carbocycles. The molecule has 0 aliphatic carbocycles. The Kier molecular flexibility index (Phi) is 3.93. The van der Waals surface area contributed by atoms with Gasteiger partial charge < -0.3 is 10.0 Å². The van der Waals surface area contributed by atoms with Gasteiger partial charge in [-0.1, -0.05) is 13.8 Å². The van der Waals surface area contributed by atoms with Gasteiger partial charge in [-0.15, -0.1) is 0 Å². The molecule has 0 spiro atoms. The topological polar surface area (TPSA) is 40.5 Å². The lowest BCUT2D eigenvalue weighted by atomic mass is 9.86. The molecule has 1 aliphatic heterocycles. The van der Waals surface area contributed by atoms with Crippen LogP contribution in [-0.4, -0.2) is 35.1 Å². The molecule has 1 heterocycles. The number of nitrogens with zero attached hydrogens (tertiary/aromatic N) is 1. The maximum atomic E-state index is 11.5. The summed E-state index contributed by atoms with van der Waals surface area (Å²) in [6.07, 6.45) is 1.32. The minimum absolute atomic E-state index is 0.118. The summed E-state index contributed by atoms with van der Waals surface area (Å²) in [7, 11) is 0. The maximum absolute atomic E-state index is 11.5. The fourth-order valence-electron chi connectivity index (χ4n) is 2.05. The number of hydrogen-bond donors (Lipinski definition) is 1. The first-order chi connectivity index (χ1) is 6.52. The van der Waals surface area contributed by atoms with Crippen molar-refractivity contribution in [1.82, 2.24) is 4.90 Å². The third-order valence-corrected chi connectivity index (χ3v) is 3.15. The SMILES string of the molecule is CC(O)C(=O)N1CCC(C(C)C)CC1. The third kappa shape index (κ3) is 2.71. The largest absolute Gasteiger partial charge is 0.384 e. The number of likely N-dealkylation sites (tertiary alicyclic amines) is 1. The zero-order valence-corrected chi connectivity index (χ0v) is 9.36. The molecule has 1 unspecified atom stereocenters. The Hall–Kier alpha value is -0.570. The van der Waals surface area contributed by atoms with E-state index in [1.165, 1.54) is 6.92 Å². The Labute approximate surface area is 86.1 Å². The molecule has 1 amide bonds. The van der Waals surface area contributed by atoms with Crippen molar-refractivity contribution in [2.24, 2.45) is 11.8 Å². The minimum Gasteiger partial charge on any atom is -0.384 e. The van der Waals surface area contributed by atoms with E-state index in [1.807, 2.05) is 0 Å². The van der Waals surface area contributed by atoms with E-state index in [2.05, 4.69) is 13.8 Å². The molecule has 1 fully saturated rings. The monoisotopic (exact) mass is 199 g/mol. The summed E-state index contributed by atoms with van der Waals surface area (Å²) in [4.78, 5) is 13.2. The summed E-state index contributed by atoms with van der Waals surface area (Å²) >= 11 is 0. The quantitative estimate of drug-likeness (QED) is 0.727. The highest BCUT2D eigenvalue weighted by molar-refractivity contribution is 5.80. The van der Waals surface area contributed by atoms with E-state index in [-0.39, 0.29) is 5.91 Å². The normalized spacial score (nSPS) is 21.4. The molecule has 0 radical (unpaired) electrons. The van der Waals surface area contributed by atoms with Crippen molar-refractivity contribution in [3.63, 3.8) is 0 Å². The van der Waals surface area contributed by atoms with Gasteiger partial charge in [0.2, 0.25) is 0 Å². The van der Waals surface area contributed by atoms with Crippen molar-refractivity contribution < 1.29 is 9.90 Å². The molecule has 1 N–H and O–H groups in total. The number of piperidine rings is 1. The molecule has 14 heavy (non-hydrogen) atoms. The number of hydrogen-bond acceptors (Lipinski definition) is 2. The highest BCUT2D eigenvalue weighted by Crippen LogP contribution is 2.24. The summed E-state index contributed by atoms with van der Waals surface area (Å²) in [6, 6.07) is 0. The van der Waals surface area contributed by atoms with Gasteiger partial charge in [-0.3, -0.25) is 4.79 Å². The van der Waals surface area contributed by atoms with Crippen LogP contribution in [0.1, 0.15) is 33.6 Å². The van der Waals surface area contributed by atoms with Crippen molar-refractivity contribution in [2.45, 2.75) is 39.7 Å². The van der Waals surface area contributed by atoms with Crippen molar-refractivity contribution in [2.75, 3.05) is 13.1 Å². The van der Waals surface area contributed by atoms with Crippen LogP contribution < -0.4 is 0 Å². The van der Waals surface area contributed by atoms with Crippen LogP contribution in [0, 0.1) is 11.8 Å². The van der Waals surface area contributed by atoms with Gasteiger partial charge >= 0.3 is 0 Å². The number of aliphatic hydroxyl groups is 1. The molecule has 82 valence electrons. The lowest BCUT2D eigenvalue weighted by molar-refractivity contribution is -0.140. The smallest absolute Gasteiger partial charge is 0.251 e. The van der Waals surface area contributed by atoms with E-state index < -0.39 is 6.10 Å². The fourth-order valence-corrected chi connectivity index (χ4v) is 2.05.